The molecule has 2 saturated heterocycles. The van der Waals surface area contributed by atoms with E-state index in [1.807, 2.05) is 6.07 Å². The summed E-state index contributed by atoms with van der Waals surface area (Å²) in [6.45, 7) is 4.15. The van der Waals surface area contributed by atoms with Gasteiger partial charge in [0.1, 0.15) is 0 Å². The topological polar surface area (TPSA) is 38.5 Å². The van der Waals surface area contributed by atoms with Crippen molar-refractivity contribution < 1.29 is 4.74 Å². The molecule has 2 fully saturated rings. The van der Waals surface area contributed by atoms with Gasteiger partial charge in [0, 0.05) is 47.6 Å². The van der Waals surface area contributed by atoms with E-state index in [0.717, 1.165) is 36.5 Å². The van der Waals surface area contributed by atoms with Crippen LogP contribution in [0.15, 0.2) is 22.7 Å². The van der Waals surface area contributed by atoms with Gasteiger partial charge < -0.3 is 15.4 Å². The molecule has 0 saturated carbocycles. The van der Waals surface area contributed by atoms with Crippen molar-refractivity contribution in [3.63, 3.8) is 0 Å². The second-order valence-electron chi connectivity index (χ2n) is 5.17. The summed E-state index contributed by atoms with van der Waals surface area (Å²) >= 11 is 3.43. The summed E-state index contributed by atoms with van der Waals surface area (Å²) in [4.78, 5) is 2.41. The number of benzene rings is 1. The van der Waals surface area contributed by atoms with Crippen molar-refractivity contribution in [2.45, 2.75) is 12.8 Å². The van der Waals surface area contributed by atoms with Crippen molar-refractivity contribution in [1.82, 2.24) is 0 Å². The van der Waals surface area contributed by atoms with Gasteiger partial charge >= 0.3 is 0 Å². The molecule has 1 aromatic rings. The second-order valence-corrected chi connectivity index (χ2v) is 6.03. The lowest BCUT2D eigenvalue weighted by Gasteiger charge is -2.53. The molecule has 2 aliphatic heterocycles. The normalized spacial score (nSPS) is 22.5. The first kappa shape index (κ1) is 11.4. The highest BCUT2D eigenvalue weighted by Gasteiger charge is 2.43. The van der Waals surface area contributed by atoms with Crippen molar-refractivity contribution in [2.24, 2.45) is 5.41 Å². The first-order chi connectivity index (χ1) is 8.19. The number of ether oxygens (including phenoxy) is 1. The van der Waals surface area contributed by atoms with Crippen molar-refractivity contribution in [1.29, 1.82) is 0 Å². The summed E-state index contributed by atoms with van der Waals surface area (Å²) < 4.78 is 6.41. The SMILES string of the molecule is Nc1cc(N2CC3(CCOCC3)C2)ccc1Br. The molecule has 2 N–H and O–H groups in total. The summed E-state index contributed by atoms with van der Waals surface area (Å²) in [5, 5.41) is 0. The van der Waals surface area contributed by atoms with Gasteiger partial charge in [-0.05, 0) is 47.0 Å². The monoisotopic (exact) mass is 296 g/mol. The maximum absolute atomic E-state index is 5.91. The first-order valence-electron chi connectivity index (χ1n) is 6.06. The highest BCUT2D eigenvalue weighted by Crippen LogP contribution is 2.42. The summed E-state index contributed by atoms with van der Waals surface area (Å²) in [6.07, 6.45) is 2.41. The Morgan fingerprint density at radius 1 is 1.24 bits per heavy atom. The summed E-state index contributed by atoms with van der Waals surface area (Å²) in [6, 6.07) is 6.21. The van der Waals surface area contributed by atoms with E-state index in [0.29, 0.717) is 5.41 Å². The van der Waals surface area contributed by atoms with E-state index in [1.54, 1.807) is 0 Å². The van der Waals surface area contributed by atoms with Crippen molar-refractivity contribution in [3.8, 4) is 0 Å². The molecule has 2 heterocycles. The van der Waals surface area contributed by atoms with Crippen molar-refractivity contribution in [3.05, 3.63) is 22.7 Å². The molecule has 3 rings (SSSR count). The number of hydrogen-bond donors (Lipinski definition) is 1. The van der Waals surface area contributed by atoms with Crippen LogP contribution in [0.3, 0.4) is 0 Å². The number of anilines is 2. The molecule has 1 aromatic carbocycles. The zero-order valence-corrected chi connectivity index (χ0v) is 11.4. The molecule has 0 radical (unpaired) electrons. The van der Waals surface area contributed by atoms with Crippen LogP contribution in [0.25, 0.3) is 0 Å². The third kappa shape index (κ3) is 2.04. The predicted octanol–water partition coefficient (Wildman–Crippen LogP) is 2.65. The lowest BCUT2D eigenvalue weighted by molar-refractivity contribution is -0.000188. The molecule has 0 atom stereocenters. The van der Waals surface area contributed by atoms with Gasteiger partial charge in [0.15, 0.2) is 0 Å². The molecule has 4 heteroatoms. The molecule has 0 aromatic heterocycles. The van der Waals surface area contributed by atoms with Gasteiger partial charge in [0.2, 0.25) is 0 Å². The van der Waals surface area contributed by atoms with E-state index in [2.05, 4.69) is 33.0 Å². The minimum Gasteiger partial charge on any atom is -0.398 e. The molecule has 2 aliphatic rings. The zero-order chi connectivity index (χ0) is 11.9. The fraction of sp³-hybridized carbons (Fsp3) is 0.538. The molecule has 92 valence electrons. The third-order valence-electron chi connectivity index (χ3n) is 3.95. The van der Waals surface area contributed by atoms with Crippen LogP contribution in [-0.4, -0.2) is 26.3 Å². The fourth-order valence-electron chi connectivity index (χ4n) is 2.79. The van der Waals surface area contributed by atoms with Crippen LogP contribution in [0.4, 0.5) is 11.4 Å². The standard InChI is InChI=1S/C13H17BrN2O/c14-11-2-1-10(7-12(11)15)16-8-13(9-16)3-5-17-6-4-13/h1-2,7H,3-6,8-9,15H2. The molecular weight excluding hydrogens is 280 g/mol. The number of nitrogen functional groups attached to an aromatic ring is 1. The summed E-state index contributed by atoms with van der Waals surface area (Å²) in [5.41, 5.74) is 8.48. The van der Waals surface area contributed by atoms with Gasteiger partial charge in [-0.15, -0.1) is 0 Å². The van der Waals surface area contributed by atoms with E-state index in [4.69, 9.17) is 10.5 Å². The molecule has 3 nitrogen and oxygen atoms in total. The average molecular weight is 297 g/mol. The van der Waals surface area contributed by atoms with E-state index in [1.165, 1.54) is 18.5 Å². The van der Waals surface area contributed by atoms with Crippen LogP contribution in [0.5, 0.6) is 0 Å². The third-order valence-corrected chi connectivity index (χ3v) is 4.67. The Morgan fingerprint density at radius 3 is 2.59 bits per heavy atom. The zero-order valence-electron chi connectivity index (χ0n) is 9.79. The Labute approximate surface area is 110 Å². The van der Waals surface area contributed by atoms with E-state index >= 15 is 0 Å². The second kappa shape index (κ2) is 4.18. The lowest BCUT2D eigenvalue weighted by atomic mass is 9.73. The number of nitrogens with zero attached hydrogens (tertiary/aromatic N) is 1. The van der Waals surface area contributed by atoms with E-state index < -0.39 is 0 Å². The van der Waals surface area contributed by atoms with Gasteiger partial charge in [0.05, 0.1) is 0 Å². The predicted molar refractivity (Wildman–Crippen MR) is 73.3 cm³/mol. The van der Waals surface area contributed by atoms with Crippen LogP contribution < -0.4 is 10.6 Å². The van der Waals surface area contributed by atoms with Gasteiger partial charge in [-0.3, -0.25) is 0 Å². The molecule has 17 heavy (non-hydrogen) atoms. The van der Waals surface area contributed by atoms with E-state index in [-0.39, 0.29) is 0 Å². The van der Waals surface area contributed by atoms with Crippen molar-refractivity contribution in [2.75, 3.05) is 36.9 Å². The molecule has 0 aliphatic carbocycles. The van der Waals surface area contributed by atoms with Gasteiger partial charge in [0.25, 0.3) is 0 Å². The Morgan fingerprint density at radius 2 is 1.94 bits per heavy atom. The minimum atomic E-state index is 0.514. The summed E-state index contributed by atoms with van der Waals surface area (Å²) in [7, 11) is 0. The smallest absolute Gasteiger partial charge is 0.0479 e. The largest absolute Gasteiger partial charge is 0.398 e. The Bertz CT molecular complexity index is 421. The molecule has 1 spiro atoms. The minimum absolute atomic E-state index is 0.514. The van der Waals surface area contributed by atoms with Crippen LogP contribution >= 0.6 is 15.9 Å². The number of rotatable bonds is 1. The highest BCUT2D eigenvalue weighted by molar-refractivity contribution is 9.10. The maximum Gasteiger partial charge on any atom is 0.0479 e. The fourth-order valence-corrected chi connectivity index (χ4v) is 3.04. The Hall–Kier alpha value is -0.740. The molecule has 0 unspecified atom stereocenters. The first-order valence-corrected chi connectivity index (χ1v) is 6.86. The molecule has 0 bridgehead atoms. The molecular formula is C13H17BrN2O. The van der Waals surface area contributed by atoms with Crippen LogP contribution in [0, 0.1) is 5.41 Å². The van der Waals surface area contributed by atoms with Crippen LogP contribution in [0.2, 0.25) is 0 Å². The van der Waals surface area contributed by atoms with Gasteiger partial charge in [-0.2, -0.15) is 0 Å². The number of hydrogen-bond acceptors (Lipinski definition) is 3. The Balaban J connectivity index is 1.70. The van der Waals surface area contributed by atoms with Crippen LogP contribution in [0.1, 0.15) is 12.8 Å². The lowest BCUT2D eigenvalue weighted by Crippen LogP contribution is -2.58. The molecule has 0 amide bonds. The maximum atomic E-state index is 5.91. The summed E-state index contributed by atoms with van der Waals surface area (Å²) in [5.74, 6) is 0. The highest BCUT2D eigenvalue weighted by atomic mass is 79.9. The average Bonchev–Trinajstić information content (AvgIpc) is 2.31. The quantitative estimate of drug-likeness (QED) is 0.810. The van der Waals surface area contributed by atoms with Gasteiger partial charge in [-0.1, -0.05) is 0 Å². The Kier molecular flexibility index (Phi) is 2.79. The van der Waals surface area contributed by atoms with Crippen molar-refractivity contribution >= 4 is 27.3 Å². The number of nitrogens with two attached hydrogens (primary N) is 1. The van der Waals surface area contributed by atoms with Crippen LogP contribution in [-0.2, 0) is 4.74 Å². The van der Waals surface area contributed by atoms with Gasteiger partial charge in [-0.25, -0.2) is 0 Å². The number of halogens is 1. The van der Waals surface area contributed by atoms with E-state index in [9.17, 15) is 0 Å².